The number of hydrogen-bond donors (Lipinski definition) is 0. The van der Waals surface area contributed by atoms with Crippen LogP contribution in [0.5, 0.6) is 0 Å². The SMILES string of the molecule is CC[C@@H](CC1CCCC2(C)C(CCCCCC(C(C)=O)(C(=O)OC(C)(C)C)c3ccccn3)CCC12)C1CCCCC1(C)C. The van der Waals surface area contributed by atoms with Gasteiger partial charge in [-0.1, -0.05) is 85.1 Å². The second kappa shape index (κ2) is 14.4. The number of unbranched alkanes of at least 4 members (excludes halogenated alkanes) is 2. The summed E-state index contributed by atoms with van der Waals surface area (Å²) in [5, 5.41) is 0. The maximum Gasteiger partial charge on any atom is 0.326 e. The topological polar surface area (TPSA) is 56.3 Å². The van der Waals surface area contributed by atoms with Crippen molar-refractivity contribution in [3.05, 3.63) is 30.1 Å². The normalized spacial score (nSPS) is 30.6. The van der Waals surface area contributed by atoms with E-state index in [1.54, 1.807) is 6.20 Å². The van der Waals surface area contributed by atoms with E-state index in [1.807, 2.05) is 39.0 Å². The summed E-state index contributed by atoms with van der Waals surface area (Å²) in [5.41, 5.74) is -0.490. The van der Waals surface area contributed by atoms with Crippen molar-refractivity contribution >= 4 is 11.8 Å². The monoisotopic (exact) mass is 607 g/mol. The Labute approximate surface area is 270 Å². The molecule has 44 heavy (non-hydrogen) atoms. The van der Waals surface area contributed by atoms with Crippen LogP contribution in [0.3, 0.4) is 0 Å². The van der Waals surface area contributed by atoms with E-state index >= 15 is 0 Å². The highest BCUT2D eigenvalue weighted by Crippen LogP contribution is 2.60. The number of nitrogens with zero attached hydrogens (tertiary/aromatic N) is 1. The molecule has 0 radical (unpaired) electrons. The molecule has 0 aromatic carbocycles. The minimum absolute atomic E-state index is 0.174. The Morgan fingerprint density at radius 1 is 0.977 bits per heavy atom. The first-order valence-electron chi connectivity index (χ1n) is 18.4. The molecule has 1 aromatic heterocycles. The second-order valence-electron chi connectivity index (χ2n) is 17.1. The highest BCUT2D eigenvalue weighted by molar-refractivity contribution is 6.08. The molecule has 4 nitrogen and oxygen atoms in total. The average molecular weight is 608 g/mol. The molecular formula is C40H65NO3. The van der Waals surface area contributed by atoms with Crippen LogP contribution in [0.15, 0.2) is 24.4 Å². The molecule has 0 aliphatic heterocycles. The molecule has 0 bridgehead atoms. The lowest BCUT2D eigenvalue weighted by atomic mass is 9.56. The second-order valence-corrected chi connectivity index (χ2v) is 17.1. The smallest absolute Gasteiger partial charge is 0.326 e. The largest absolute Gasteiger partial charge is 0.459 e. The minimum Gasteiger partial charge on any atom is -0.459 e. The van der Waals surface area contributed by atoms with Gasteiger partial charge in [0.2, 0.25) is 0 Å². The predicted molar refractivity (Wildman–Crippen MR) is 181 cm³/mol. The third kappa shape index (κ3) is 7.63. The van der Waals surface area contributed by atoms with Crippen molar-refractivity contribution in [3.8, 4) is 0 Å². The first kappa shape index (κ1) is 35.1. The fourth-order valence-corrected chi connectivity index (χ4v) is 10.4. The molecule has 3 saturated carbocycles. The number of esters is 1. The van der Waals surface area contributed by atoms with Gasteiger partial charge in [-0.2, -0.15) is 0 Å². The van der Waals surface area contributed by atoms with Crippen LogP contribution in [0.2, 0.25) is 0 Å². The lowest BCUT2D eigenvalue weighted by Gasteiger charge is -2.49. The number of Topliss-reactive ketones (excluding diaryl/α,β-unsaturated/α-hetero) is 1. The van der Waals surface area contributed by atoms with Crippen molar-refractivity contribution in [2.24, 2.45) is 40.4 Å². The summed E-state index contributed by atoms with van der Waals surface area (Å²) in [4.78, 5) is 31.3. The standard InChI is InChI=1S/C40H65NO3/c1-9-30(33-20-12-15-24-38(33,6)7)28-31-18-17-25-39(8)32(22-23-34(31)39)19-11-10-14-26-40(29(2)42,35-21-13-16-27-41-35)36(43)44-37(3,4)5/h13,16,21,27,30-34H,9-12,14-15,17-20,22-26,28H2,1-8H3/t30-,31?,32?,33?,34?,39?,40?/m0/s1. The van der Waals surface area contributed by atoms with Crippen LogP contribution in [0.25, 0.3) is 0 Å². The molecule has 6 unspecified atom stereocenters. The van der Waals surface area contributed by atoms with E-state index in [1.165, 1.54) is 84.0 Å². The molecule has 3 fully saturated rings. The summed E-state index contributed by atoms with van der Waals surface area (Å²) in [6.45, 7) is 17.3. The van der Waals surface area contributed by atoms with E-state index < -0.39 is 17.0 Å². The quantitative estimate of drug-likeness (QED) is 0.127. The number of hydrogen-bond acceptors (Lipinski definition) is 4. The van der Waals surface area contributed by atoms with Crippen molar-refractivity contribution < 1.29 is 14.3 Å². The van der Waals surface area contributed by atoms with E-state index in [0.29, 0.717) is 22.9 Å². The summed E-state index contributed by atoms with van der Waals surface area (Å²) in [5.74, 6) is 3.77. The molecule has 0 N–H and O–H groups in total. The van der Waals surface area contributed by atoms with Crippen LogP contribution in [-0.2, 0) is 19.7 Å². The van der Waals surface area contributed by atoms with E-state index in [0.717, 1.165) is 48.9 Å². The van der Waals surface area contributed by atoms with Gasteiger partial charge in [-0.15, -0.1) is 0 Å². The molecule has 3 aliphatic rings. The molecule has 1 heterocycles. The van der Waals surface area contributed by atoms with Gasteiger partial charge in [0.15, 0.2) is 11.2 Å². The lowest BCUT2D eigenvalue weighted by Crippen LogP contribution is -2.47. The fraction of sp³-hybridized carbons (Fsp3) is 0.825. The van der Waals surface area contributed by atoms with Crippen LogP contribution < -0.4 is 0 Å². The fourth-order valence-electron chi connectivity index (χ4n) is 10.4. The van der Waals surface area contributed by atoms with Crippen LogP contribution in [-0.4, -0.2) is 22.3 Å². The Morgan fingerprint density at radius 2 is 1.75 bits per heavy atom. The molecule has 248 valence electrons. The Morgan fingerprint density at radius 3 is 2.39 bits per heavy atom. The van der Waals surface area contributed by atoms with Crippen molar-refractivity contribution in [3.63, 3.8) is 0 Å². The summed E-state index contributed by atoms with van der Waals surface area (Å²) < 4.78 is 5.83. The maximum atomic E-state index is 13.6. The Balaban J connectivity index is 1.36. The number of carbonyl (C=O) groups excluding carboxylic acids is 2. The van der Waals surface area contributed by atoms with Crippen LogP contribution in [0, 0.1) is 40.4 Å². The molecular weight excluding hydrogens is 542 g/mol. The number of aromatic nitrogens is 1. The van der Waals surface area contributed by atoms with Crippen molar-refractivity contribution in [2.45, 2.75) is 169 Å². The highest BCUT2D eigenvalue weighted by atomic mass is 16.6. The third-order valence-electron chi connectivity index (χ3n) is 12.8. The van der Waals surface area contributed by atoms with Gasteiger partial charge < -0.3 is 4.74 Å². The summed E-state index contributed by atoms with van der Waals surface area (Å²) >= 11 is 0. The number of fused-ring (bicyclic) bond motifs is 1. The van der Waals surface area contributed by atoms with Crippen LogP contribution >= 0.6 is 0 Å². The molecule has 3 aliphatic carbocycles. The van der Waals surface area contributed by atoms with Gasteiger partial charge in [-0.05, 0) is 132 Å². The molecule has 7 atom stereocenters. The molecule has 4 heteroatoms. The van der Waals surface area contributed by atoms with Gasteiger partial charge in [0, 0.05) is 6.20 Å². The zero-order valence-corrected chi connectivity index (χ0v) is 29.7. The van der Waals surface area contributed by atoms with Crippen LogP contribution in [0.1, 0.15) is 164 Å². The van der Waals surface area contributed by atoms with Gasteiger partial charge in [0.25, 0.3) is 0 Å². The third-order valence-corrected chi connectivity index (χ3v) is 12.8. The average Bonchev–Trinajstić information content (AvgIpc) is 3.29. The summed E-state index contributed by atoms with van der Waals surface area (Å²) in [6.07, 6.45) is 22.0. The molecule has 0 spiro atoms. The zero-order chi connectivity index (χ0) is 32.2. The van der Waals surface area contributed by atoms with Gasteiger partial charge in [0.05, 0.1) is 5.69 Å². The van der Waals surface area contributed by atoms with Crippen molar-refractivity contribution in [1.82, 2.24) is 4.98 Å². The summed E-state index contributed by atoms with van der Waals surface area (Å²) in [6, 6.07) is 5.49. The number of ketones is 1. The molecule has 4 rings (SSSR count). The maximum absolute atomic E-state index is 13.6. The molecule has 0 amide bonds. The van der Waals surface area contributed by atoms with Crippen molar-refractivity contribution in [1.29, 1.82) is 0 Å². The Bertz CT molecular complexity index is 1090. The lowest BCUT2D eigenvalue weighted by molar-refractivity contribution is -0.165. The summed E-state index contributed by atoms with van der Waals surface area (Å²) in [7, 11) is 0. The van der Waals surface area contributed by atoms with E-state index in [9.17, 15) is 9.59 Å². The molecule has 1 aromatic rings. The minimum atomic E-state index is -1.34. The van der Waals surface area contributed by atoms with E-state index in [-0.39, 0.29) is 5.78 Å². The molecule has 0 saturated heterocycles. The van der Waals surface area contributed by atoms with E-state index in [2.05, 4.69) is 32.7 Å². The number of pyridine rings is 1. The first-order chi connectivity index (χ1) is 20.7. The number of ether oxygens (including phenoxy) is 1. The predicted octanol–water partition coefficient (Wildman–Crippen LogP) is 10.7. The van der Waals surface area contributed by atoms with Gasteiger partial charge in [-0.3, -0.25) is 14.6 Å². The Hall–Kier alpha value is -1.71. The Kier molecular flexibility index (Phi) is 11.5. The number of carbonyl (C=O) groups is 2. The van der Waals surface area contributed by atoms with E-state index in [4.69, 9.17) is 4.74 Å². The van der Waals surface area contributed by atoms with Gasteiger partial charge in [-0.25, -0.2) is 0 Å². The van der Waals surface area contributed by atoms with Crippen LogP contribution in [0.4, 0.5) is 0 Å². The van der Waals surface area contributed by atoms with Gasteiger partial charge in [0.1, 0.15) is 5.60 Å². The highest BCUT2D eigenvalue weighted by Gasteiger charge is 2.52. The van der Waals surface area contributed by atoms with Crippen molar-refractivity contribution in [2.75, 3.05) is 0 Å². The van der Waals surface area contributed by atoms with Gasteiger partial charge >= 0.3 is 5.97 Å². The zero-order valence-electron chi connectivity index (χ0n) is 29.7. The first-order valence-corrected chi connectivity index (χ1v) is 18.4. The number of rotatable bonds is 13.